The summed E-state index contributed by atoms with van der Waals surface area (Å²) in [6, 6.07) is 9.58. The minimum Gasteiger partial charge on any atom is -0.494 e. The first-order valence-electron chi connectivity index (χ1n) is 9.08. The van der Waals surface area contributed by atoms with Gasteiger partial charge in [-0.15, -0.1) is 0 Å². The average molecular weight is 374 g/mol. The molecule has 26 heavy (non-hydrogen) atoms. The molecule has 0 radical (unpaired) electrons. The fraction of sp³-hybridized carbons (Fsp3) is 0.400. The van der Waals surface area contributed by atoms with Gasteiger partial charge in [0.05, 0.1) is 17.2 Å². The molecule has 138 valence electrons. The number of amides is 1. The average Bonchev–Trinajstić information content (AvgIpc) is 2.68. The number of hydrogen-bond acceptors (Lipinski definition) is 4. The van der Waals surface area contributed by atoms with Crippen molar-refractivity contribution in [3.8, 4) is 5.75 Å². The first-order chi connectivity index (χ1) is 12.7. The van der Waals surface area contributed by atoms with Crippen LogP contribution in [0.15, 0.2) is 36.5 Å². The number of pyridine rings is 1. The van der Waals surface area contributed by atoms with E-state index in [0.717, 1.165) is 37.2 Å². The minimum absolute atomic E-state index is 0.00932. The number of halogens is 1. The molecule has 2 aromatic rings. The summed E-state index contributed by atoms with van der Waals surface area (Å²) < 4.78 is 5.51. The van der Waals surface area contributed by atoms with Crippen molar-refractivity contribution in [2.75, 3.05) is 25.0 Å². The Morgan fingerprint density at radius 3 is 2.81 bits per heavy atom. The number of carbonyl (C=O) groups excluding carboxylic acids is 1. The monoisotopic (exact) mass is 373 g/mol. The van der Waals surface area contributed by atoms with Gasteiger partial charge in [-0.3, -0.25) is 4.79 Å². The molecule has 1 fully saturated rings. The molecule has 1 aromatic carbocycles. The smallest absolute Gasteiger partial charge is 0.255 e. The number of likely N-dealkylation sites (tertiary alicyclic amines) is 1. The molecule has 2 heterocycles. The molecule has 1 amide bonds. The summed E-state index contributed by atoms with van der Waals surface area (Å²) in [5, 5.41) is 3.67. The van der Waals surface area contributed by atoms with Crippen LogP contribution in [0.5, 0.6) is 5.75 Å². The van der Waals surface area contributed by atoms with E-state index >= 15 is 0 Å². The maximum absolute atomic E-state index is 12.5. The SMILES string of the molecule is CCOc1cccc(CNc2ncc(C(=O)N3CCCCC3)cc2Cl)c1. The number of aromatic nitrogens is 1. The fourth-order valence-corrected chi connectivity index (χ4v) is 3.30. The normalized spacial score (nSPS) is 14.2. The number of hydrogen-bond donors (Lipinski definition) is 1. The number of nitrogens with zero attached hydrogens (tertiary/aromatic N) is 2. The maximum atomic E-state index is 12.5. The molecular formula is C20H24ClN3O2. The third kappa shape index (κ3) is 4.67. The van der Waals surface area contributed by atoms with Gasteiger partial charge in [0.15, 0.2) is 0 Å². The third-order valence-electron chi connectivity index (χ3n) is 4.40. The number of piperidine rings is 1. The van der Waals surface area contributed by atoms with E-state index in [1.807, 2.05) is 36.1 Å². The van der Waals surface area contributed by atoms with Crippen LogP contribution in [0.25, 0.3) is 0 Å². The quantitative estimate of drug-likeness (QED) is 0.816. The first kappa shape index (κ1) is 18.5. The molecule has 3 rings (SSSR count). The van der Waals surface area contributed by atoms with Gasteiger partial charge in [-0.05, 0) is 49.9 Å². The van der Waals surface area contributed by atoms with Gasteiger partial charge < -0.3 is 15.0 Å². The molecule has 0 saturated carbocycles. The lowest BCUT2D eigenvalue weighted by Crippen LogP contribution is -2.35. The molecular weight excluding hydrogens is 350 g/mol. The van der Waals surface area contributed by atoms with E-state index in [1.54, 1.807) is 12.3 Å². The van der Waals surface area contributed by atoms with Crippen LogP contribution in [0.3, 0.4) is 0 Å². The van der Waals surface area contributed by atoms with Gasteiger partial charge >= 0.3 is 0 Å². The molecule has 0 spiro atoms. The van der Waals surface area contributed by atoms with Crippen LogP contribution < -0.4 is 10.1 Å². The van der Waals surface area contributed by atoms with Gasteiger partial charge in [0.1, 0.15) is 11.6 Å². The van der Waals surface area contributed by atoms with E-state index in [0.29, 0.717) is 29.6 Å². The summed E-state index contributed by atoms with van der Waals surface area (Å²) >= 11 is 6.34. The Labute approximate surface area is 159 Å². The van der Waals surface area contributed by atoms with Crippen molar-refractivity contribution < 1.29 is 9.53 Å². The second-order valence-corrected chi connectivity index (χ2v) is 6.75. The van der Waals surface area contributed by atoms with Gasteiger partial charge in [0.2, 0.25) is 0 Å². The molecule has 1 saturated heterocycles. The van der Waals surface area contributed by atoms with Crippen LogP contribution in [0.2, 0.25) is 5.02 Å². The van der Waals surface area contributed by atoms with Crippen molar-refractivity contribution in [2.24, 2.45) is 0 Å². The highest BCUT2D eigenvalue weighted by Gasteiger charge is 2.19. The van der Waals surface area contributed by atoms with Crippen molar-refractivity contribution in [1.82, 2.24) is 9.88 Å². The number of ether oxygens (including phenoxy) is 1. The first-order valence-corrected chi connectivity index (χ1v) is 9.45. The third-order valence-corrected chi connectivity index (χ3v) is 4.69. The van der Waals surface area contributed by atoms with E-state index in [1.165, 1.54) is 6.42 Å². The predicted octanol–water partition coefficient (Wildman–Crippen LogP) is 4.37. The second kappa shape index (κ2) is 8.90. The fourth-order valence-electron chi connectivity index (χ4n) is 3.06. The van der Waals surface area contributed by atoms with Gasteiger partial charge in [-0.1, -0.05) is 23.7 Å². The lowest BCUT2D eigenvalue weighted by atomic mass is 10.1. The highest BCUT2D eigenvalue weighted by atomic mass is 35.5. The summed E-state index contributed by atoms with van der Waals surface area (Å²) in [5.74, 6) is 1.42. The summed E-state index contributed by atoms with van der Waals surface area (Å²) in [4.78, 5) is 18.8. The van der Waals surface area contributed by atoms with E-state index in [-0.39, 0.29) is 5.91 Å². The van der Waals surface area contributed by atoms with Gasteiger partial charge in [-0.25, -0.2) is 4.98 Å². The Morgan fingerprint density at radius 2 is 2.08 bits per heavy atom. The number of rotatable bonds is 6. The van der Waals surface area contributed by atoms with Gasteiger partial charge in [0.25, 0.3) is 5.91 Å². The molecule has 6 heteroatoms. The van der Waals surface area contributed by atoms with Crippen LogP contribution in [-0.2, 0) is 6.54 Å². The van der Waals surface area contributed by atoms with Crippen molar-refractivity contribution in [2.45, 2.75) is 32.7 Å². The van der Waals surface area contributed by atoms with Crippen LogP contribution in [0.1, 0.15) is 42.1 Å². The zero-order valence-electron chi connectivity index (χ0n) is 15.0. The number of nitrogens with one attached hydrogen (secondary N) is 1. The molecule has 1 aliphatic rings. The lowest BCUT2D eigenvalue weighted by Gasteiger charge is -2.26. The Bertz CT molecular complexity index is 760. The molecule has 1 N–H and O–H groups in total. The van der Waals surface area contributed by atoms with E-state index < -0.39 is 0 Å². The largest absolute Gasteiger partial charge is 0.494 e. The highest BCUT2D eigenvalue weighted by molar-refractivity contribution is 6.33. The lowest BCUT2D eigenvalue weighted by molar-refractivity contribution is 0.0724. The van der Waals surface area contributed by atoms with Crippen LogP contribution in [-0.4, -0.2) is 35.5 Å². The van der Waals surface area contributed by atoms with Crippen molar-refractivity contribution >= 4 is 23.3 Å². The highest BCUT2D eigenvalue weighted by Crippen LogP contribution is 2.23. The molecule has 0 aliphatic carbocycles. The zero-order chi connectivity index (χ0) is 18.4. The van der Waals surface area contributed by atoms with Crippen molar-refractivity contribution in [3.05, 3.63) is 52.7 Å². The Balaban J connectivity index is 1.64. The minimum atomic E-state index is 0.00932. The van der Waals surface area contributed by atoms with Crippen LogP contribution in [0, 0.1) is 0 Å². The Morgan fingerprint density at radius 1 is 1.27 bits per heavy atom. The number of anilines is 1. The maximum Gasteiger partial charge on any atom is 0.255 e. The molecule has 0 unspecified atom stereocenters. The standard InChI is InChI=1S/C20H24ClN3O2/c1-2-26-17-8-6-7-15(11-17)13-22-19-18(21)12-16(14-23-19)20(25)24-9-4-3-5-10-24/h6-8,11-12,14H,2-5,9-10,13H2,1H3,(H,22,23). The Kier molecular flexibility index (Phi) is 6.34. The van der Waals surface area contributed by atoms with E-state index in [2.05, 4.69) is 10.3 Å². The topological polar surface area (TPSA) is 54.5 Å². The molecule has 1 aromatic heterocycles. The van der Waals surface area contributed by atoms with Crippen LogP contribution in [0.4, 0.5) is 5.82 Å². The molecule has 5 nitrogen and oxygen atoms in total. The van der Waals surface area contributed by atoms with Gasteiger partial charge in [-0.2, -0.15) is 0 Å². The van der Waals surface area contributed by atoms with Gasteiger partial charge in [0, 0.05) is 25.8 Å². The van der Waals surface area contributed by atoms with Crippen molar-refractivity contribution in [1.29, 1.82) is 0 Å². The summed E-state index contributed by atoms with van der Waals surface area (Å²) in [6.45, 7) is 4.80. The number of carbonyl (C=O) groups is 1. The van der Waals surface area contributed by atoms with Crippen LogP contribution >= 0.6 is 11.6 Å². The van der Waals surface area contributed by atoms with E-state index in [9.17, 15) is 4.79 Å². The van der Waals surface area contributed by atoms with Crippen molar-refractivity contribution in [3.63, 3.8) is 0 Å². The zero-order valence-corrected chi connectivity index (χ0v) is 15.8. The van der Waals surface area contributed by atoms with E-state index in [4.69, 9.17) is 16.3 Å². The number of benzene rings is 1. The second-order valence-electron chi connectivity index (χ2n) is 6.34. The Hall–Kier alpha value is -2.27. The predicted molar refractivity (Wildman–Crippen MR) is 104 cm³/mol. The molecule has 1 aliphatic heterocycles. The molecule has 0 bridgehead atoms. The summed E-state index contributed by atoms with van der Waals surface area (Å²) in [5.41, 5.74) is 1.61. The molecule has 0 atom stereocenters. The summed E-state index contributed by atoms with van der Waals surface area (Å²) in [7, 11) is 0. The summed E-state index contributed by atoms with van der Waals surface area (Å²) in [6.07, 6.45) is 4.92.